The topological polar surface area (TPSA) is 53.6 Å². The molecule has 1 amide bonds. The molecule has 2 unspecified atom stereocenters. The molecule has 8 heteroatoms. The van der Waals surface area contributed by atoms with E-state index in [2.05, 4.69) is 41.5 Å². The van der Waals surface area contributed by atoms with Crippen LogP contribution in [0.1, 0.15) is 31.9 Å². The van der Waals surface area contributed by atoms with Crippen molar-refractivity contribution in [1.29, 1.82) is 0 Å². The van der Waals surface area contributed by atoms with Crippen LogP contribution in [0.3, 0.4) is 0 Å². The number of thioether (sulfide) groups is 1. The lowest BCUT2D eigenvalue weighted by atomic mass is 10.0. The van der Waals surface area contributed by atoms with Crippen molar-refractivity contribution < 1.29 is 9.53 Å². The van der Waals surface area contributed by atoms with Crippen molar-refractivity contribution in [1.82, 2.24) is 15.5 Å². The van der Waals surface area contributed by atoms with Gasteiger partial charge in [-0.3, -0.25) is 9.69 Å². The summed E-state index contributed by atoms with van der Waals surface area (Å²) in [5.74, 6) is 3.13. The van der Waals surface area contributed by atoms with Gasteiger partial charge in [-0.05, 0) is 30.8 Å². The van der Waals surface area contributed by atoms with E-state index in [1.54, 1.807) is 7.11 Å². The Labute approximate surface area is 180 Å². The Bertz CT molecular complexity index is 541. The average Bonchev–Trinajstić information content (AvgIpc) is 2.66. The molecular formula is C19H33Cl2N3O2S. The monoisotopic (exact) mass is 437 g/mol. The van der Waals surface area contributed by atoms with E-state index in [9.17, 15) is 4.79 Å². The van der Waals surface area contributed by atoms with Crippen LogP contribution < -0.4 is 15.4 Å². The lowest BCUT2D eigenvalue weighted by molar-refractivity contribution is -0.121. The van der Waals surface area contributed by atoms with Crippen LogP contribution in [0.5, 0.6) is 5.75 Å². The Morgan fingerprint density at radius 3 is 2.70 bits per heavy atom. The minimum atomic E-state index is 0. The first-order valence-electron chi connectivity index (χ1n) is 9.13. The fourth-order valence-corrected chi connectivity index (χ4v) is 4.18. The maximum Gasteiger partial charge on any atom is 0.221 e. The summed E-state index contributed by atoms with van der Waals surface area (Å²) in [6, 6.07) is 8.58. The highest BCUT2D eigenvalue weighted by Crippen LogP contribution is 2.24. The van der Waals surface area contributed by atoms with Gasteiger partial charge < -0.3 is 15.4 Å². The minimum absolute atomic E-state index is 0. The molecule has 2 N–H and O–H groups in total. The molecule has 5 nitrogen and oxygen atoms in total. The number of amides is 1. The van der Waals surface area contributed by atoms with Crippen LogP contribution >= 0.6 is 36.6 Å². The predicted molar refractivity (Wildman–Crippen MR) is 120 cm³/mol. The SMILES string of the molecule is CCN(CC)C(CNC(=O)CC1CSCCN1)c1cccc(OC)c1.Cl.Cl. The molecule has 0 spiro atoms. The number of carbonyl (C=O) groups excluding carboxylic acids is 1. The summed E-state index contributed by atoms with van der Waals surface area (Å²) in [6.45, 7) is 7.80. The molecule has 2 atom stereocenters. The van der Waals surface area contributed by atoms with Crippen molar-refractivity contribution >= 4 is 42.5 Å². The standard InChI is InChI=1S/C19H31N3O2S.2ClH/c1-4-22(5-2)18(15-7-6-8-17(11-15)24-3)13-21-19(23)12-16-14-25-10-9-20-16;;/h6-8,11,16,18,20H,4-5,9-10,12-14H2,1-3H3,(H,21,23);2*1H. The van der Waals surface area contributed by atoms with Crippen molar-refractivity contribution in [2.75, 3.05) is 44.8 Å². The number of nitrogens with zero attached hydrogens (tertiary/aromatic N) is 1. The second kappa shape index (κ2) is 14.4. The molecule has 1 saturated heterocycles. The van der Waals surface area contributed by atoms with Gasteiger partial charge >= 0.3 is 0 Å². The molecule has 1 aliphatic rings. The van der Waals surface area contributed by atoms with Gasteiger partial charge in [0.1, 0.15) is 5.75 Å². The van der Waals surface area contributed by atoms with Crippen molar-refractivity contribution in [2.45, 2.75) is 32.4 Å². The summed E-state index contributed by atoms with van der Waals surface area (Å²) < 4.78 is 5.36. The van der Waals surface area contributed by atoms with Gasteiger partial charge in [-0.25, -0.2) is 0 Å². The molecule has 0 bridgehead atoms. The van der Waals surface area contributed by atoms with Gasteiger partial charge in [0.05, 0.1) is 13.2 Å². The maximum absolute atomic E-state index is 12.4. The first kappa shape index (κ1) is 26.3. The molecule has 27 heavy (non-hydrogen) atoms. The predicted octanol–water partition coefficient (Wildman–Crippen LogP) is 3.13. The highest BCUT2D eigenvalue weighted by Gasteiger charge is 2.21. The van der Waals surface area contributed by atoms with E-state index in [4.69, 9.17) is 4.74 Å². The largest absolute Gasteiger partial charge is 0.497 e. The first-order valence-corrected chi connectivity index (χ1v) is 10.3. The number of likely N-dealkylation sites (N-methyl/N-ethyl adjacent to an activating group) is 1. The Morgan fingerprint density at radius 2 is 2.11 bits per heavy atom. The molecular weight excluding hydrogens is 405 g/mol. The number of methoxy groups -OCH3 is 1. The molecule has 0 radical (unpaired) electrons. The normalized spacial score (nSPS) is 17.4. The van der Waals surface area contributed by atoms with Crippen molar-refractivity contribution in [2.24, 2.45) is 0 Å². The molecule has 156 valence electrons. The zero-order valence-electron chi connectivity index (χ0n) is 16.4. The molecule has 1 heterocycles. The zero-order valence-corrected chi connectivity index (χ0v) is 18.9. The van der Waals surface area contributed by atoms with Crippen LogP contribution in [0.25, 0.3) is 0 Å². The second-order valence-electron chi connectivity index (χ2n) is 6.25. The second-order valence-corrected chi connectivity index (χ2v) is 7.40. The summed E-state index contributed by atoms with van der Waals surface area (Å²) in [7, 11) is 1.68. The van der Waals surface area contributed by atoms with E-state index in [0.717, 1.165) is 36.9 Å². The third kappa shape index (κ3) is 8.48. The molecule has 0 aliphatic carbocycles. The van der Waals surface area contributed by atoms with Crippen molar-refractivity contribution in [3.63, 3.8) is 0 Å². The fraction of sp³-hybridized carbons (Fsp3) is 0.632. The lowest BCUT2D eigenvalue weighted by Crippen LogP contribution is -2.43. The van der Waals surface area contributed by atoms with E-state index < -0.39 is 0 Å². The van der Waals surface area contributed by atoms with Crippen LogP contribution in [0.4, 0.5) is 0 Å². The van der Waals surface area contributed by atoms with Crippen LogP contribution in [-0.4, -0.2) is 61.6 Å². The zero-order chi connectivity index (χ0) is 18.1. The number of hydrogen-bond donors (Lipinski definition) is 2. The molecule has 2 rings (SSSR count). The number of hydrogen-bond acceptors (Lipinski definition) is 5. The van der Waals surface area contributed by atoms with Gasteiger partial charge in [0.25, 0.3) is 0 Å². The number of ether oxygens (including phenoxy) is 1. The summed E-state index contributed by atoms with van der Waals surface area (Å²) in [4.78, 5) is 14.7. The van der Waals surface area contributed by atoms with E-state index >= 15 is 0 Å². The Morgan fingerprint density at radius 1 is 1.37 bits per heavy atom. The van der Waals surface area contributed by atoms with E-state index in [-0.39, 0.29) is 36.8 Å². The summed E-state index contributed by atoms with van der Waals surface area (Å²) in [6.07, 6.45) is 0.552. The summed E-state index contributed by atoms with van der Waals surface area (Å²) >= 11 is 1.92. The third-order valence-corrected chi connectivity index (χ3v) is 5.79. The highest BCUT2D eigenvalue weighted by molar-refractivity contribution is 7.99. The van der Waals surface area contributed by atoms with Crippen LogP contribution in [0.15, 0.2) is 24.3 Å². The Hall–Kier alpha value is -0.660. The molecule has 1 aromatic rings. The van der Waals surface area contributed by atoms with E-state index in [0.29, 0.717) is 19.0 Å². The van der Waals surface area contributed by atoms with Crippen LogP contribution in [-0.2, 0) is 4.79 Å². The molecule has 1 fully saturated rings. The smallest absolute Gasteiger partial charge is 0.221 e. The van der Waals surface area contributed by atoms with Crippen molar-refractivity contribution in [3.05, 3.63) is 29.8 Å². The number of benzene rings is 1. The fourth-order valence-electron chi connectivity index (χ4n) is 3.23. The summed E-state index contributed by atoms with van der Waals surface area (Å²) in [5.41, 5.74) is 1.18. The van der Waals surface area contributed by atoms with Crippen LogP contribution in [0, 0.1) is 0 Å². The molecule has 0 saturated carbocycles. The maximum atomic E-state index is 12.4. The van der Waals surface area contributed by atoms with Gasteiger partial charge in [-0.2, -0.15) is 11.8 Å². The minimum Gasteiger partial charge on any atom is -0.497 e. The number of halogens is 2. The van der Waals surface area contributed by atoms with Crippen LogP contribution in [0.2, 0.25) is 0 Å². The molecule has 1 aromatic carbocycles. The highest BCUT2D eigenvalue weighted by atomic mass is 35.5. The number of nitrogens with one attached hydrogen (secondary N) is 2. The quantitative estimate of drug-likeness (QED) is 0.621. The van der Waals surface area contributed by atoms with Gasteiger partial charge in [-0.1, -0.05) is 26.0 Å². The lowest BCUT2D eigenvalue weighted by Gasteiger charge is -2.31. The molecule has 1 aliphatic heterocycles. The first-order chi connectivity index (χ1) is 12.2. The van der Waals surface area contributed by atoms with Gasteiger partial charge in [-0.15, -0.1) is 24.8 Å². The third-order valence-electron chi connectivity index (χ3n) is 4.65. The molecule has 0 aromatic heterocycles. The van der Waals surface area contributed by atoms with Crippen molar-refractivity contribution in [3.8, 4) is 5.75 Å². The van der Waals surface area contributed by atoms with Gasteiger partial charge in [0.2, 0.25) is 5.91 Å². The Balaban J connectivity index is 0.00000338. The van der Waals surface area contributed by atoms with Gasteiger partial charge in [0.15, 0.2) is 0 Å². The van der Waals surface area contributed by atoms with E-state index in [1.165, 1.54) is 5.56 Å². The van der Waals surface area contributed by atoms with E-state index in [1.807, 2.05) is 23.9 Å². The average molecular weight is 438 g/mol. The number of rotatable bonds is 9. The van der Waals surface area contributed by atoms with Gasteiger partial charge in [0, 0.05) is 37.1 Å². The Kier molecular flexibility index (Phi) is 14.0. The summed E-state index contributed by atoms with van der Waals surface area (Å²) in [5, 5.41) is 6.57. The number of carbonyl (C=O) groups is 1.